The normalized spacial score (nSPS) is 27.4. The van der Waals surface area contributed by atoms with Gasteiger partial charge in [0.05, 0.1) is 6.54 Å². The number of carbonyl (C=O) groups excluding carboxylic acids is 1. The predicted octanol–water partition coefficient (Wildman–Crippen LogP) is 3.22. The van der Waals surface area contributed by atoms with Crippen molar-refractivity contribution in [3.63, 3.8) is 0 Å². The molecule has 2 aromatic rings. The summed E-state index contributed by atoms with van der Waals surface area (Å²) in [5.74, 6) is 1.47. The van der Waals surface area contributed by atoms with E-state index in [1.54, 1.807) is 6.20 Å². The van der Waals surface area contributed by atoms with Gasteiger partial charge >= 0.3 is 0 Å². The van der Waals surface area contributed by atoms with E-state index in [0.29, 0.717) is 23.9 Å². The smallest absolute Gasteiger partial charge is 0.226 e. The minimum Gasteiger partial charge on any atom is -0.337 e. The third-order valence-electron chi connectivity index (χ3n) is 7.47. The van der Waals surface area contributed by atoms with Crippen molar-refractivity contribution in [3.05, 3.63) is 53.9 Å². The molecule has 1 aromatic heterocycles. The molecule has 154 valence electrons. The molecule has 5 nitrogen and oxygen atoms in total. The molecule has 1 unspecified atom stereocenters. The van der Waals surface area contributed by atoms with Crippen LogP contribution in [-0.4, -0.2) is 39.5 Å². The van der Waals surface area contributed by atoms with Crippen LogP contribution in [0, 0.1) is 17.2 Å². The van der Waals surface area contributed by atoms with Crippen LogP contribution >= 0.6 is 0 Å². The van der Waals surface area contributed by atoms with Gasteiger partial charge in [0.15, 0.2) is 0 Å². The maximum atomic E-state index is 13.5. The first kappa shape index (κ1) is 18.8. The Morgan fingerprint density at radius 2 is 2.00 bits per heavy atom. The van der Waals surface area contributed by atoms with E-state index in [1.165, 1.54) is 12.1 Å². The average molecular weight is 397 g/mol. The minimum absolute atomic E-state index is 0.0738. The van der Waals surface area contributed by atoms with Crippen LogP contribution in [0.1, 0.15) is 49.4 Å². The fourth-order valence-electron chi connectivity index (χ4n) is 5.33. The van der Waals surface area contributed by atoms with Crippen molar-refractivity contribution in [1.29, 1.82) is 0 Å². The number of aromatic nitrogens is 2. The standard InChI is InChI=1S/C23H29FN4O/c1-27-11-10-26-21(27)15-28(20-14-23(20)6-8-25-9-7-23)22(29)18-12-17(13-18)16-2-4-19(24)5-3-16/h2-5,10-11,17-18,20,25H,6-9,12-15H2,1H3. The van der Waals surface area contributed by atoms with Gasteiger partial charge < -0.3 is 14.8 Å². The highest BCUT2D eigenvalue weighted by atomic mass is 19.1. The van der Waals surface area contributed by atoms with Gasteiger partial charge in [-0.15, -0.1) is 0 Å². The first-order chi connectivity index (χ1) is 14.1. The van der Waals surface area contributed by atoms with Crippen LogP contribution in [0.25, 0.3) is 0 Å². The number of benzene rings is 1. The first-order valence-electron chi connectivity index (χ1n) is 10.8. The number of halogens is 1. The highest BCUT2D eigenvalue weighted by Gasteiger charge is 2.58. The fourth-order valence-corrected chi connectivity index (χ4v) is 5.33. The average Bonchev–Trinajstić information content (AvgIpc) is 3.19. The highest BCUT2D eigenvalue weighted by molar-refractivity contribution is 5.81. The lowest BCUT2D eigenvalue weighted by Gasteiger charge is -2.39. The van der Waals surface area contributed by atoms with Gasteiger partial charge in [0.2, 0.25) is 5.91 Å². The van der Waals surface area contributed by atoms with Gasteiger partial charge in [0.25, 0.3) is 0 Å². The topological polar surface area (TPSA) is 50.2 Å². The number of amides is 1. The molecule has 29 heavy (non-hydrogen) atoms. The molecule has 3 fully saturated rings. The van der Waals surface area contributed by atoms with Gasteiger partial charge in [0, 0.05) is 31.4 Å². The van der Waals surface area contributed by atoms with E-state index >= 15 is 0 Å². The second-order valence-corrected chi connectivity index (χ2v) is 9.17. The lowest BCUT2D eigenvalue weighted by Crippen LogP contribution is -2.45. The second-order valence-electron chi connectivity index (χ2n) is 9.17. The lowest BCUT2D eigenvalue weighted by atomic mass is 9.70. The van der Waals surface area contributed by atoms with E-state index in [2.05, 4.69) is 15.2 Å². The van der Waals surface area contributed by atoms with Crippen LogP contribution in [0.4, 0.5) is 4.39 Å². The van der Waals surface area contributed by atoms with Crippen molar-refractivity contribution in [3.8, 4) is 0 Å². The summed E-state index contributed by atoms with van der Waals surface area (Å²) in [6.07, 6.45) is 8.92. The van der Waals surface area contributed by atoms with E-state index in [4.69, 9.17) is 0 Å². The molecule has 2 heterocycles. The summed E-state index contributed by atoms with van der Waals surface area (Å²) >= 11 is 0. The lowest BCUT2D eigenvalue weighted by molar-refractivity contribution is -0.141. The van der Waals surface area contributed by atoms with E-state index in [-0.39, 0.29) is 17.6 Å². The van der Waals surface area contributed by atoms with Gasteiger partial charge in [-0.05, 0) is 74.2 Å². The number of carbonyl (C=O) groups is 1. The summed E-state index contributed by atoms with van der Waals surface area (Å²) in [7, 11) is 1.99. The molecule has 2 saturated carbocycles. The van der Waals surface area contributed by atoms with Crippen molar-refractivity contribution >= 4 is 5.91 Å². The number of nitrogens with zero attached hydrogens (tertiary/aromatic N) is 3. The molecule has 1 N–H and O–H groups in total. The molecule has 1 saturated heterocycles. The largest absolute Gasteiger partial charge is 0.337 e. The van der Waals surface area contributed by atoms with Gasteiger partial charge in [-0.25, -0.2) is 9.37 Å². The Labute approximate surface area is 171 Å². The van der Waals surface area contributed by atoms with Crippen LogP contribution in [0.5, 0.6) is 0 Å². The molecule has 0 bridgehead atoms. The number of hydrogen-bond acceptors (Lipinski definition) is 3. The van der Waals surface area contributed by atoms with Gasteiger partial charge in [-0.3, -0.25) is 4.79 Å². The number of hydrogen-bond donors (Lipinski definition) is 1. The summed E-state index contributed by atoms with van der Waals surface area (Å²) in [5, 5.41) is 3.45. The number of rotatable bonds is 5. The SMILES string of the molecule is Cn1ccnc1CN(C(=O)C1CC(c2ccc(F)cc2)C1)C1CC12CCNCC2. The summed E-state index contributed by atoms with van der Waals surface area (Å²) in [6, 6.07) is 7.10. The second kappa shape index (κ2) is 7.24. The summed E-state index contributed by atoms with van der Waals surface area (Å²) in [4.78, 5) is 20.1. The number of piperidine rings is 1. The molecule has 5 rings (SSSR count). The van der Waals surface area contributed by atoms with Crippen molar-refractivity contribution < 1.29 is 9.18 Å². The summed E-state index contributed by atoms with van der Waals surface area (Å²) in [6.45, 7) is 2.70. The molecule has 1 aliphatic heterocycles. The van der Waals surface area contributed by atoms with Crippen molar-refractivity contribution in [2.75, 3.05) is 13.1 Å². The molecular weight excluding hydrogens is 367 g/mol. The van der Waals surface area contributed by atoms with E-state index in [0.717, 1.165) is 56.6 Å². The van der Waals surface area contributed by atoms with E-state index in [9.17, 15) is 9.18 Å². The highest BCUT2D eigenvalue weighted by Crippen LogP contribution is 2.57. The monoisotopic (exact) mass is 396 g/mol. The third-order valence-corrected chi connectivity index (χ3v) is 7.47. The summed E-state index contributed by atoms with van der Waals surface area (Å²) in [5.41, 5.74) is 1.46. The molecule has 1 spiro atoms. The Hall–Kier alpha value is -2.21. The van der Waals surface area contributed by atoms with E-state index < -0.39 is 0 Å². The zero-order valence-electron chi connectivity index (χ0n) is 17.0. The molecular formula is C23H29FN4O. The Bertz CT molecular complexity index is 881. The van der Waals surface area contributed by atoms with E-state index in [1.807, 2.05) is 29.9 Å². The maximum Gasteiger partial charge on any atom is 0.226 e. The van der Waals surface area contributed by atoms with Crippen LogP contribution in [0.3, 0.4) is 0 Å². The first-order valence-corrected chi connectivity index (χ1v) is 10.8. The number of nitrogens with one attached hydrogen (secondary N) is 1. The maximum absolute atomic E-state index is 13.5. The molecule has 2 aliphatic carbocycles. The zero-order valence-corrected chi connectivity index (χ0v) is 17.0. The Morgan fingerprint density at radius 1 is 1.28 bits per heavy atom. The van der Waals surface area contributed by atoms with Crippen molar-refractivity contribution in [2.45, 2.75) is 50.6 Å². The zero-order chi connectivity index (χ0) is 20.0. The Kier molecular flexibility index (Phi) is 4.69. The van der Waals surface area contributed by atoms with Gasteiger partial charge in [-0.1, -0.05) is 12.1 Å². The predicted molar refractivity (Wildman–Crippen MR) is 109 cm³/mol. The van der Waals surface area contributed by atoms with Crippen molar-refractivity contribution in [1.82, 2.24) is 19.8 Å². The molecule has 1 atom stereocenters. The molecule has 0 radical (unpaired) electrons. The Morgan fingerprint density at radius 3 is 2.66 bits per heavy atom. The summed E-state index contributed by atoms with van der Waals surface area (Å²) < 4.78 is 15.2. The van der Waals surface area contributed by atoms with Crippen LogP contribution in [0.2, 0.25) is 0 Å². The van der Waals surface area contributed by atoms with Crippen LogP contribution in [-0.2, 0) is 18.4 Å². The third kappa shape index (κ3) is 3.48. The molecule has 1 amide bonds. The quantitative estimate of drug-likeness (QED) is 0.844. The van der Waals surface area contributed by atoms with Crippen molar-refractivity contribution in [2.24, 2.45) is 18.4 Å². The minimum atomic E-state index is -0.206. The molecule has 6 heteroatoms. The fraction of sp³-hybridized carbons (Fsp3) is 0.565. The Balaban J connectivity index is 1.29. The number of imidazole rings is 1. The molecule has 1 aromatic carbocycles. The van der Waals surface area contributed by atoms with Gasteiger partial charge in [-0.2, -0.15) is 0 Å². The van der Waals surface area contributed by atoms with Crippen LogP contribution in [0.15, 0.2) is 36.7 Å². The van der Waals surface area contributed by atoms with Crippen LogP contribution < -0.4 is 5.32 Å². The molecule has 3 aliphatic rings. The number of aryl methyl sites for hydroxylation is 1. The van der Waals surface area contributed by atoms with Gasteiger partial charge in [0.1, 0.15) is 11.6 Å².